The number of aromatic hydroxyl groups is 1. The maximum Gasteiger partial charge on any atom is 0.235 e. The van der Waals surface area contributed by atoms with Gasteiger partial charge < -0.3 is 5.11 Å². The topological polar surface area (TPSA) is 66.4 Å². The Kier molecular flexibility index (Phi) is 3.28. The van der Waals surface area contributed by atoms with Crippen LogP contribution >= 0.6 is 0 Å². The van der Waals surface area contributed by atoms with Crippen LogP contribution in [0.2, 0.25) is 0 Å². The molecule has 0 aliphatic heterocycles. The zero-order valence-electron chi connectivity index (χ0n) is 9.81. The molecule has 0 heterocycles. The Balaban J connectivity index is 2.17. The van der Waals surface area contributed by atoms with Crippen molar-refractivity contribution in [1.29, 1.82) is 0 Å². The summed E-state index contributed by atoms with van der Waals surface area (Å²) >= 11 is 0. The molecule has 1 aliphatic rings. The number of phenols is 1. The number of benzene rings is 1. The Labute approximate surface area is 102 Å². The van der Waals surface area contributed by atoms with Crippen LogP contribution in [0.1, 0.15) is 31.2 Å². The maximum atomic E-state index is 12.0. The van der Waals surface area contributed by atoms with E-state index in [1.165, 1.54) is 6.07 Å². The smallest absolute Gasteiger partial charge is 0.235 e. The second-order valence-electron chi connectivity index (χ2n) is 4.55. The molecule has 0 saturated heterocycles. The van der Waals surface area contributed by atoms with Crippen molar-refractivity contribution in [3.63, 3.8) is 0 Å². The molecule has 1 aromatic rings. The van der Waals surface area contributed by atoms with Gasteiger partial charge in [0.2, 0.25) is 10.0 Å². The molecule has 2 N–H and O–H groups in total. The van der Waals surface area contributed by atoms with E-state index < -0.39 is 10.0 Å². The van der Waals surface area contributed by atoms with Crippen LogP contribution in [0.5, 0.6) is 5.75 Å². The number of nitrogens with one attached hydrogen (secondary N) is 1. The maximum absolute atomic E-state index is 12.0. The van der Waals surface area contributed by atoms with E-state index in [1.54, 1.807) is 19.1 Å². The highest BCUT2D eigenvalue weighted by atomic mass is 32.2. The van der Waals surface area contributed by atoms with Crippen molar-refractivity contribution in [3.05, 3.63) is 23.8 Å². The summed E-state index contributed by atoms with van der Waals surface area (Å²) in [6.07, 6.45) is 3.41. The van der Waals surface area contributed by atoms with Gasteiger partial charge in [0.1, 0.15) is 5.75 Å². The van der Waals surface area contributed by atoms with Crippen LogP contribution in [0.4, 0.5) is 5.69 Å². The normalized spacial score (nSPS) is 17.2. The van der Waals surface area contributed by atoms with Crippen molar-refractivity contribution in [3.8, 4) is 5.75 Å². The summed E-state index contributed by atoms with van der Waals surface area (Å²) in [4.78, 5) is 0. The Bertz CT molecular complexity index is 504. The van der Waals surface area contributed by atoms with E-state index in [0.717, 1.165) is 31.2 Å². The van der Waals surface area contributed by atoms with Crippen LogP contribution < -0.4 is 4.72 Å². The number of hydrogen-bond donors (Lipinski definition) is 2. The van der Waals surface area contributed by atoms with E-state index in [9.17, 15) is 13.5 Å². The second-order valence-corrected chi connectivity index (χ2v) is 6.52. The molecule has 0 amide bonds. The van der Waals surface area contributed by atoms with E-state index in [2.05, 4.69) is 4.72 Å². The van der Waals surface area contributed by atoms with Gasteiger partial charge in [-0.25, -0.2) is 8.42 Å². The number of hydrogen-bond acceptors (Lipinski definition) is 3. The molecular weight excluding hydrogens is 238 g/mol. The third-order valence-electron chi connectivity index (χ3n) is 3.21. The lowest BCUT2D eigenvalue weighted by molar-refractivity contribution is 0.471. The summed E-state index contributed by atoms with van der Waals surface area (Å²) in [5.41, 5.74) is 1.16. The lowest BCUT2D eigenvalue weighted by atomic mass is 10.2. The predicted molar refractivity (Wildman–Crippen MR) is 67.6 cm³/mol. The first-order valence-electron chi connectivity index (χ1n) is 5.80. The van der Waals surface area contributed by atoms with E-state index >= 15 is 0 Å². The van der Waals surface area contributed by atoms with Gasteiger partial charge >= 0.3 is 0 Å². The van der Waals surface area contributed by atoms with Gasteiger partial charge in [0.15, 0.2) is 0 Å². The molecule has 1 aliphatic carbocycles. The molecule has 1 aromatic carbocycles. The average molecular weight is 255 g/mol. The monoisotopic (exact) mass is 255 g/mol. The summed E-state index contributed by atoms with van der Waals surface area (Å²) in [5.74, 6) is 0.108. The summed E-state index contributed by atoms with van der Waals surface area (Å²) in [7, 11) is -3.30. The molecule has 0 unspecified atom stereocenters. The molecule has 94 valence electrons. The first-order chi connectivity index (χ1) is 7.99. The van der Waals surface area contributed by atoms with E-state index in [4.69, 9.17) is 0 Å². The highest BCUT2D eigenvalue weighted by Gasteiger charge is 2.28. The highest BCUT2D eigenvalue weighted by molar-refractivity contribution is 7.93. The molecule has 0 radical (unpaired) electrons. The van der Waals surface area contributed by atoms with Crippen LogP contribution in [0.25, 0.3) is 0 Å². The molecule has 1 fully saturated rings. The highest BCUT2D eigenvalue weighted by Crippen LogP contribution is 2.27. The number of anilines is 1. The summed E-state index contributed by atoms with van der Waals surface area (Å²) in [6.45, 7) is 1.77. The van der Waals surface area contributed by atoms with Gasteiger partial charge in [-0.2, -0.15) is 0 Å². The van der Waals surface area contributed by atoms with Crippen molar-refractivity contribution in [2.75, 3.05) is 4.72 Å². The van der Waals surface area contributed by atoms with Crippen LogP contribution in [-0.4, -0.2) is 18.8 Å². The first-order valence-corrected chi connectivity index (χ1v) is 7.35. The minimum absolute atomic E-state index is 0.108. The third kappa shape index (κ3) is 2.72. The summed E-state index contributed by atoms with van der Waals surface area (Å²) in [6, 6.07) is 4.81. The van der Waals surface area contributed by atoms with Gasteiger partial charge in [-0.05, 0) is 31.4 Å². The van der Waals surface area contributed by atoms with Gasteiger partial charge in [0.05, 0.1) is 10.9 Å². The molecule has 4 nitrogen and oxygen atoms in total. The van der Waals surface area contributed by atoms with Gasteiger partial charge in [-0.15, -0.1) is 0 Å². The minimum atomic E-state index is -3.30. The lowest BCUT2D eigenvalue weighted by Gasteiger charge is -2.13. The number of sulfonamides is 1. The molecule has 0 bridgehead atoms. The Morgan fingerprint density at radius 2 is 1.94 bits per heavy atom. The average Bonchev–Trinajstić information content (AvgIpc) is 2.77. The molecule has 0 spiro atoms. The van der Waals surface area contributed by atoms with Crippen molar-refractivity contribution < 1.29 is 13.5 Å². The van der Waals surface area contributed by atoms with Crippen molar-refractivity contribution in [1.82, 2.24) is 0 Å². The first kappa shape index (κ1) is 12.2. The minimum Gasteiger partial charge on any atom is -0.508 e. The van der Waals surface area contributed by atoms with Crippen LogP contribution in [-0.2, 0) is 10.0 Å². The molecule has 2 rings (SSSR count). The Morgan fingerprint density at radius 3 is 2.53 bits per heavy atom. The van der Waals surface area contributed by atoms with Gasteiger partial charge in [0.25, 0.3) is 0 Å². The fourth-order valence-electron chi connectivity index (χ4n) is 2.12. The van der Waals surface area contributed by atoms with Gasteiger partial charge in [0, 0.05) is 6.07 Å². The molecule has 17 heavy (non-hydrogen) atoms. The van der Waals surface area contributed by atoms with Crippen LogP contribution in [0, 0.1) is 6.92 Å². The number of rotatable bonds is 3. The SMILES string of the molecule is Cc1ccc(NS(=O)(=O)C2CCCC2)cc1O. The van der Waals surface area contributed by atoms with E-state index in [1.807, 2.05) is 0 Å². The van der Waals surface area contributed by atoms with E-state index in [-0.39, 0.29) is 11.0 Å². The van der Waals surface area contributed by atoms with Crippen LogP contribution in [0.15, 0.2) is 18.2 Å². The zero-order valence-corrected chi connectivity index (χ0v) is 10.6. The van der Waals surface area contributed by atoms with Crippen LogP contribution in [0.3, 0.4) is 0 Å². The fraction of sp³-hybridized carbons (Fsp3) is 0.500. The number of aryl methyl sites for hydroxylation is 1. The Morgan fingerprint density at radius 1 is 1.29 bits per heavy atom. The number of phenolic OH excluding ortho intramolecular Hbond substituents is 1. The van der Waals surface area contributed by atoms with E-state index in [0.29, 0.717) is 5.69 Å². The van der Waals surface area contributed by atoms with Crippen molar-refractivity contribution in [2.45, 2.75) is 37.9 Å². The summed E-state index contributed by atoms with van der Waals surface area (Å²) < 4.78 is 26.6. The quantitative estimate of drug-likeness (QED) is 0.871. The van der Waals surface area contributed by atoms with Gasteiger partial charge in [-0.3, -0.25) is 4.72 Å². The molecule has 0 atom stereocenters. The Hall–Kier alpha value is -1.23. The lowest BCUT2D eigenvalue weighted by Crippen LogP contribution is -2.25. The van der Waals surface area contributed by atoms with Crippen molar-refractivity contribution in [2.24, 2.45) is 0 Å². The molecule has 0 aromatic heterocycles. The standard InChI is InChI=1S/C12H17NO3S/c1-9-6-7-10(8-12(9)14)13-17(15,16)11-4-2-3-5-11/h6-8,11,13-14H,2-5H2,1H3. The molecular formula is C12H17NO3S. The fourth-order valence-corrected chi connectivity index (χ4v) is 3.70. The predicted octanol–water partition coefficient (Wildman–Crippen LogP) is 2.38. The van der Waals surface area contributed by atoms with Crippen molar-refractivity contribution >= 4 is 15.7 Å². The summed E-state index contributed by atoms with van der Waals surface area (Å²) in [5, 5.41) is 9.24. The molecule has 5 heteroatoms. The second kappa shape index (κ2) is 4.56. The molecule has 1 saturated carbocycles. The van der Waals surface area contributed by atoms with Gasteiger partial charge in [-0.1, -0.05) is 18.9 Å². The largest absolute Gasteiger partial charge is 0.508 e. The zero-order chi connectivity index (χ0) is 12.5. The third-order valence-corrected chi connectivity index (χ3v) is 5.08.